The van der Waals surface area contributed by atoms with Gasteiger partial charge >= 0.3 is 12.1 Å². The molecule has 0 atom stereocenters. The Bertz CT molecular complexity index is 1050. The summed E-state index contributed by atoms with van der Waals surface area (Å²) in [6.07, 6.45) is 4.23. The number of hydrogen-bond donors (Lipinski definition) is 2. The number of aliphatic carboxylic acids is 1. The van der Waals surface area contributed by atoms with Crippen LogP contribution in [0.1, 0.15) is 55.2 Å². The molecule has 4 fully saturated rings. The van der Waals surface area contributed by atoms with Gasteiger partial charge in [-0.05, 0) is 96.6 Å². The van der Waals surface area contributed by atoms with Gasteiger partial charge in [-0.15, -0.1) is 0 Å². The van der Waals surface area contributed by atoms with Crippen LogP contribution in [0.15, 0.2) is 42.5 Å². The van der Waals surface area contributed by atoms with Crippen molar-refractivity contribution in [3.8, 4) is 16.9 Å². The Balaban J connectivity index is 1.60. The fourth-order valence-electron chi connectivity index (χ4n) is 6.87. The minimum Gasteiger partial charge on any atom is -0.508 e. The quantitative estimate of drug-likeness (QED) is 0.522. The van der Waals surface area contributed by atoms with E-state index in [0.717, 1.165) is 31.4 Å². The van der Waals surface area contributed by atoms with Crippen LogP contribution in [0.4, 0.5) is 13.2 Å². The second-order valence-corrected chi connectivity index (χ2v) is 9.90. The zero-order valence-corrected chi connectivity index (χ0v) is 17.5. The normalized spacial score (nSPS) is 29.0. The van der Waals surface area contributed by atoms with Crippen molar-refractivity contribution in [2.75, 3.05) is 0 Å². The summed E-state index contributed by atoms with van der Waals surface area (Å²) in [7, 11) is 0. The van der Waals surface area contributed by atoms with E-state index in [1.165, 1.54) is 25.3 Å². The molecule has 0 aliphatic heterocycles. The fourth-order valence-corrected chi connectivity index (χ4v) is 6.87. The van der Waals surface area contributed by atoms with Crippen molar-refractivity contribution in [1.29, 1.82) is 0 Å². The van der Waals surface area contributed by atoms with Crippen LogP contribution < -0.4 is 0 Å². The first-order valence-electron chi connectivity index (χ1n) is 11.1. The summed E-state index contributed by atoms with van der Waals surface area (Å²) in [6.45, 7) is 0. The van der Waals surface area contributed by atoms with Crippen LogP contribution in [0.25, 0.3) is 17.2 Å². The van der Waals surface area contributed by atoms with E-state index in [2.05, 4.69) is 0 Å². The minimum atomic E-state index is -4.60. The molecule has 168 valence electrons. The Hall–Kier alpha value is -2.76. The van der Waals surface area contributed by atoms with E-state index in [4.69, 9.17) is 5.11 Å². The van der Waals surface area contributed by atoms with Crippen LogP contribution in [0.2, 0.25) is 0 Å². The lowest BCUT2D eigenvalue weighted by molar-refractivity contribution is -0.137. The molecular formula is C26H25F3O3. The van der Waals surface area contributed by atoms with E-state index in [9.17, 15) is 23.1 Å². The molecule has 0 radical (unpaired) electrons. The molecule has 0 spiro atoms. The highest BCUT2D eigenvalue weighted by Gasteiger charge is 2.52. The van der Waals surface area contributed by atoms with Gasteiger partial charge in [-0.25, -0.2) is 4.79 Å². The van der Waals surface area contributed by atoms with Crippen molar-refractivity contribution in [3.63, 3.8) is 0 Å². The molecule has 0 aromatic heterocycles. The summed E-state index contributed by atoms with van der Waals surface area (Å²) in [6, 6.07) is 8.84. The summed E-state index contributed by atoms with van der Waals surface area (Å²) in [5.74, 6) is 0.473. The molecule has 3 nitrogen and oxygen atoms in total. The maximum Gasteiger partial charge on any atom is 0.417 e. The van der Waals surface area contributed by atoms with Gasteiger partial charge in [0.1, 0.15) is 5.75 Å². The molecule has 4 aliphatic rings. The number of hydrogen-bond acceptors (Lipinski definition) is 2. The average Bonchev–Trinajstić information content (AvgIpc) is 2.71. The summed E-state index contributed by atoms with van der Waals surface area (Å²) in [5, 5.41) is 19.6. The highest BCUT2D eigenvalue weighted by atomic mass is 19.4. The lowest BCUT2D eigenvalue weighted by atomic mass is 9.48. The minimum absolute atomic E-state index is 0.0646. The van der Waals surface area contributed by atoms with E-state index in [0.29, 0.717) is 34.4 Å². The van der Waals surface area contributed by atoms with Crippen molar-refractivity contribution in [2.45, 2.75) is 50.1 Å². The van der Waals surface area contributed by atoms with Gasteiger partial charge in [-0.1, -0.05) is 24.3 Å². The highest BCUT2D eigenvalue weighted by molar-refractivity contribution is 5.85. The topological polar surface area (TPSA) is 57.5 Å². The van der Waals surface area contributed by atoms with Crippen LogP contribution >= 0.6 is 0 Å². The molecular weight excluding hydrogens is 417 g/mol. The number of phenols is 1. The molecule has 6 heteroatoms. The third-order valence-electron chi connectivity index (χ3n) is 7.69. The van der Waals surface area contributed by atoms with Gasteiger partial charge in [0.2, 0.25) is 0 Å². The van der Waals surface area contributed by atoms with Gasteiger partial charge in [0.05, 0.1) is 5.56 Å². The summed E-state index contributed by atoms with van der Waals surface area (Å²) in [5.41, 5.74) is 0.629. The molecule has 2 aromatic rings. The number of halogens is 3. The van der Waals surface area contributed by atoms with E-state index >= 15 is 0 Å². The van der Waals surface area contributed by atoms with Gasteiger partial charge < -0.3 is 10.2 Å². The van der Waals surface area contributed by atoms with E-state index < -0.39 is 17.7 Å². The smallest absolute Gasteiger partial charge is 0.417 e. The van der Waals surface area contributed by atoms with Crippen LogP contribution in [-0.2, 0) is 16.4 Å². The first-order chi connectivity index (χ1) is 15.1. The van der Waals surface area contributed by atoms with Crippen LogP contribution in [-0.4, -0.2) is 16.2 Å². The molecule has 2 N–H and O–H groups in total. The summed E-state index contributed by atoms with van der Waals surface area (Å²) in [4.78, 5) is 10.7. The van der Waals surface area contributed by atoms with Crippen LogP contribution in [0.5, 0.6) is 5.75 Å². The van der Waals surface area contributed by atoms with Crippen LogP contribution in [0, 0.1) is 17.8 Å². The van der Waals surface area contributed by atoms with Crippen molar-refractivity contribution in [3.05, 3.63) is 59.2 Å². The molecule has 4 aliphatic carbocycles. The highest BCUT2D eigenvalue weighted by Crippen LogP contribution is 2.62. The average molecular weight is 442 g/mol. The Labute approximate surface area is 184 Å². The third-order valence-corrected chi connectivity index (χ3v) is 7.69. The number of rotatable bonds is 4. The SMILES string of the molecule is O=C(O)C=Cc1ccc(-c2cc(C34CC5CC(CC(C5)C3)C4)c(O)cc2C(F)(F)F)cc1. The molecule has 4 bridgehead atoms. The first kappa shape index (κ1) is 21.1. The fraction of sp³-hybridized carbons (Fsp3) is 0.423. The zero-order chi connectivity index (χ0) is 22.7. The predicted octanol–water partition coefficient (Wildman–Crippen LogP) is 6.64. The Morgan fingerprint density at radius 2 is 1.53 bits per heavy atom. The van der Waals surface area contributed by atoms with Gasteiger partial charge in [-0.3, -0.25) is 0 Å². The molecule has 0 amide bonds. The largest absolute Gasteiger partial charge is 0.508 e. The van der Waals surface area contributed by atoms with E-state index in [-0.39, 0.29) is 16.7 Å². The van der Waals surface area contributed by atoms with E-state index in [1.807, 2.05) is 0 Å². The van der Waals surface area contributed by atoms with E-state index in [1.54, 1.807) is 30.3 Å². The number of carbonyl (C=O) groups is 1. The Morgan fingerprint density at radius 3 is 2.03 bits per heavy atom. The predicted molar refractivity (Wildman–Crippen MR) is 115 cm³/mol. The van der Waals surface area contributed by atoms with Crippen molar-refractivity contribution >= 4 is 12.0 Å². The first-order valence-corrected chi connectivity index (χ1v) is 11.1. The Morgan fingerprint density at radius 1 is 0.969 bits per heavy atom. The van der Waals surface area contributed by atoms with Gasteiger partial charge in [0.15, 0.2) is 0 Å². The molecule has 0 unspecified atom stereocenters. The molecule has 0 heterocycles. The maximum absolute atomic E-state index is 13.9. The third kappa shape index (κ3) is 3.70. The lowest BCUT2D eigenvalue weighted by Gasteiger charge is -2.57. The molecule has 6 rings (SSSR count). The molecule has 32 heavy (non-hydrogen) atoms. The number of aromatic hydroxyl groups is 1. The van der Waals surface area contributed by atoms with Crippen molar-refractivity contribution in [1.82, 2.24) is 0 Å². The number of benzene rings is 2. The molecule has 0 saturated heterocycles. The number of alkyl halides is 3. The van der Waals surface area contributed by atoms with Crippen LogP contribution in [0.3, 0.4) is 0 Å². The molecule has 4 saturated carbocycles. The van der Waals surface area contributed by atoms with Crippen molar-refractivity contribution in [2.24, 2.45) is 17.8 Å². The summed E-state index contributed by atoms with van der Waals surface area (Å²) < 4.78 is 41.7. The Kier molecular flexibility index (Phi) is 4.88. The molecule has 2 aromatic carbocycles. The standard InChI is InChI=1S/C26H25F3O3/c27-26(28,29)21-11-23(30)22(25-12-16-7-17(13-25)9-18(8-16)14-25)10-20(21)19-4-1-15(2-5-19)3-6-24(31)32/h1-6,10-11,16-18,30H,7-9,12-14H2,(H,31,32). The van der Waals surface area contributed by atoms with Crippen molar-refractivity contribution < 1.29 is 28.2 Å². The zero-order valence-electron chi connectivity index (χ0n) is 17.5. The van der Waals surface area contributed by atoms with Gasteiger partial charge in [-0.2, -0.15) is 13.2 Å². The lowest BCUT2D eigenvalue weighted by Crippen LogP contribution is -2.48. The summed E-state index contributed by atoms with van der Waals surface area (Å²) >= 11 is 0. The maximum atomic E-state index is 13.9. The number of carboxylic acids is 1. The number of phenolic OH excluding ortho intramolecular Hbond substituents is 1. The monoisotopic (exact) mass is 442 g/mol. The second-order valence-electron chi connectivity index (χ2n) is 9.90. The van der Waals surface area contributed by atoms with Gasteiger partial charge in [0.25, 0.3) is 0 Å². The number of carboxylic acid groups (broad SMARTS) is 1. The second kappa shape index (κ2) is 7.39. The van der Waals surface area contributed by atoms with Gasteiger partial charge in [0, 0.05) is 11.6 Å².